The third kappa shape index (κ3) is 4.64. The standard InChI is InChI=1S/C23H25N5O2S/c1-4-16-10-12-17(13-11-16)30-15(3)21-26-27-23(28(21)5-2)31-14-20-24-19-9-7-6-8-18(19)22(29)25-20/h6-13,15H,4-5,14H2,1-3H3,(H,24,25,29)/t15-/m0/s1. The van der Waals surface area contributed by atoms with Crippen LogP contribution in [0.2, 0.25) is 0 Å². The second-order valence-corrected chi connectivity index (χ2v) is 8.10. The molecule has 0 aliphatic carbocycles. The Balaban J connectivity index is 1.49. The Bertz CT molecular complexity index is 1230. The largest absolute Gasteiger partial charge is 0.483 e. The molecule has 4 rings (SSSR count). The van der Waals surface area contributed by atoms with Crippen molar-refractivity contribution in [3.8, 4) is 5.75 Å². The Morgan fingerprint density at radius 3 is 2.61 bits per heavy atom. The Morgan fingerprint density at radius 2 is 1.87 bits per heavy atom. The SMILES string of the molecule is CCc1ccc(O[C@@H](C)c2nnc(SCc3nc4ccccc4c(=O)[nH]3)n2CC)cc1. The number of nitrogens with one attached hydrogen (secondary N) is 1. The number of aromatic amines is 1. The number of hydrogen-bond donors (Lipinski definition) is 1. The van der Waals surface area contributed by atoms with Crippen LogP contribution in [0.25, 0.3) is 10.9 Å². The van der Waals surface area contributed by atoms with E-state index in [-0.39, 0.29) is 11.7 Å². The topological polar surface area (TPSA) is 85.7 Å². The average molecular weight is 436 g/mol. The predicted octanol–water partition coefficient (Wildman–Crippen LogP) is 4.53. The molecular weight excluding hydrogens is 410 g/mol. The predicted molar refractivity (Wildman–Crippen MR) is 122 cm³/mol. The summed E-state index contributed by atoms with van der Waals surface area (Å²) < 4.78 is 8.13. The summed E-state index contributed by atoms with van der Waals surface area (Å²) in [6.45, 7) is 6.87. The molecule has 0 aliphatic rings. The molecule has 0 saturated carbocycles. The van der Waals surface area contributed by atoms with Crippen LogP contribution in [-0.4, -0.2) is 24.7 Å². The molecule has 0 aliphatic heterocycles. The van der Waals surface area contributed by atoms with Gasteiger partial charge in [-0.05, 0) is 50.1 Å². The van der Waals surface area contributed by atoms with Gasteiger partial charge in [-0.25, -0.2) is 4.98 Å². The normalized spacial score (nSPS) is 12.2. The average Bonchev–Trinajstić information content (AvgIpc) is 3.21. The Morgan fingerprint density at radius 1 is 1.10 bits per heavy atom. The van der Waals surface area contributed by atoms with Crippen LogP contribution >= 0.6 is 11.8 Å². The van der Waals surface area contributed by atoms with Gasteiger partial charge in [0.1, 0.15) is 11.6 Å². The summed E-state index contributed by atoms with van der Waals surface area (Å²) in [5.74, 6) is 2.68. The number of aromatic nitrogens is 5. The molecule has 8 heteroatoms. The van der Waals surface area contributed by atoms with Gasteiger partial charge >= 0.3 is 0 Å². The molecule has 1 N–H and O–H groups in total. The number of fused-ring (bicyclic) bond motifs is 1. The highest BCUT2D eigenvalue weighted by Gasteiger charge is 2.19. The zero-order valence-electron chi connectivity index (χ0n) is 17.8. The Hall–Kier alpha value is -3.13. The minimum atomic E-state index is -0.243. The monoisotopic (exact) mass is 435 g/mol. The molecule has 0 bridgehead atoms. The van der Waals surface area contributed by atoms with Crippen molar-refractivity contribution < 1.29 is 4.74 Å². The number of thioether (sulfide) groups is 1. The lowest BCUT2D eigenvalue weighted by Crippen LogP contribution is -2.12. The number of aryl methyl sites for hydroxylation is 1. The molecule has 2 aromatic heterocycles. The van der Waals surface area contributed by atoms with Gasteiger partial charge in [0.05, 0.1) is 16.7 Å². The van der Waals surface area contributed by atoms with Gasteiger partial charge in [0, 0.05) is 6.54 Å². The quantitative estimate of drug-likeness (QED) is 0.409. The summed E-state index contributed by atoms with van der Waals surface area (Å²) in [6, 6.07) is 15.4. The lowest BCUT2D eigenvalue weighted by molar-refractivity contribution is 0.210. The van der Waals surface area contributed by atoms with Crippen LogP contribution in [0.4, 0.5) is 0 Å². The van der Waals surface area contributed by atoms with Crippen molar-refractivity contribution in [2.24, 2.45) is 0 Å². The van der Waals surface area contributed by atoms with Crippen LogP contribution in [0.15, 0.2) is 58.5 Å². The van der Waals surface area contributed by atoms with Crippen molar-refractivity contribution in [3.63, 3.8) is 0 Å². The van der Waals surface area contributed by atoms with Crippen LogP contribution < -0.4 is 10.3 Å². The first kappa shape index (κ1) is 21.1. The van der Waals surface area contributed by atoms with Crippen molar-refractivity contribution in [1.29, 1.82) is 0 Å². The van der Waals surface area contributed by atoms with E-state index in [9.17, 15) is 4.79 Å². The van der Waals surface area contributed by atoms with E-state index in [0.717, 1.165) is 29.7 Å². The van der Waals surface area contributed by atoms with E-state index in [0.29, 0.717) is 22.5 Å². The summed E-state index contributed by atoms with van der Waals surface area (Å²) >= 11 is 1.49. The smallest absolute Gasteiger partial charge is 0.258 e. The van der Waals surface area contributed by atoms with Gasteiger partial charge in [-0.3, -0.25) is 4.79 Å². The number of rotatable bonds is 8. The van der Waals surface area contributed by atoms with Crippen LogP contribution in [0, 0.1) is 0 Å². The second-order valence-electron chi connectivity index (χ2n) is 7.16. The molecule has 1 atom stereocenters. The highest BCUT2D eigenvalue weighted by atomic mass is 32.2. The Labute approximate surface area is 184 Å². The number of H-pyrrole nitrogens is 1. The molecule has 7 nitrogen and oxygen atoms in total. The van der Waals surface area contributed by atoms with Gasteiger partial charge in [-0.15, -0.1) is 10.2 Å². The van der Waals surface area contributed by atoms with Crippen molar-refractivity contribution >= 4 is 22.7 Å². The van der Waals surface area contributed by atoms with Crippen molar-refractivity contribution in [2.75, 3.05) is 0 Å². The molecule has 2 aromatic carbocycles. The molecule has 2 heterocycles. The van der Waals surface area contributed by atoms with Gasteiger partial charge in [-0.1, -0.05) is 43.0 Å². The number of benzene rings is 2. The van der Waals surface area contributed by atoms with Crippen molar-refractivity contribution in [1.82, 2.24) is 24.7 Å². The third-order valence-electron chi connectivity index (χ3n) is 5.07. The van der Waals surface area contributed by atoms with Gasteiger partial charge in [0.25, 0.3) is 5.56 Å². The lowest BCUT2D eigenvalue weighted by Gasteiger charge is -2.16. The molecule has 4 aromatic rings. The van der Waals surface area contributed by atoms with E-state index >= 15 is 0 Å². The fourth-order valence-corrected chi connectivity index (χ4v) is 4.28. The number of para-hydroxylation sites is 1. The van der Waals surface area contributed by atoms with Gasteiger partial charge < -0.3 is 14.3 Å². The maximum atomic E-state index is 12.3. The zero-order chi connectivity index (χ0) is 21.8. The van der Waals surface area contributed by atoms with Crippen LogP contribution in [0.5, 0.6) is 5.75 Å². The third-order valence-corrected chi connectivity index (χ3v) is 6.05. The highest BCUT2D eigenvalue weighted by molar-refractivity contribution is 7.98. The summed E-state index contributed by atoms with van der Waals surface area (Å²) in [7, 11) is 0. The first-order valence-corrected chi connectivity index (χ1v) is 11.4. The van der Waals surface area contributed by atoms with Crippen LogP contribution in [0.3, 0.4) is 0 Å². The van der Waals surface area contributed by atoms with E-state index in [1.54, 1.807) is 6.07 Å². The van der Waals surface area contributed by atoms with Crippen LogP contribution in [0.1, 0.15) is 44.1 Å². The molecular formula is C23H25N5O2S. The molecule has 0 fully saturated rings. The molecule has 31 heavy (non-hydrogen) atoms. The Kier molecular flexibility index (Phi) is 6.36. The highest BCUT2D eigenvalue weighted by Crippen LogP contribution is 2.26. The van der Waals surface area contributed by atoms with Gasteiger partial charge in [-0.2, -0.15) is 0 Å². The van der Waals surface area contributed by atoms with Gasteiger partial charge in [0.2, 0.25) is 0 Å². The molecule has 0 saturated heterocycles. The summed E-state index contributed by atoms with van der Waals surface area (Å²) in [5, 5.41) is 10.1. The molecule has 0 spiro atoms. The fourth-order valence-electron chi connectivity index (χ4n) is 3.40. The lowest BCUT2D eigenvalue weighted by atomic mass is 10.2. The van der Waals surface area contributed by atoms with E-state index in [1.165, 1.54) is 17.3 Å². The molecule has 0 amide bonds. The first-order valence-electron chi connectivity index (χ1n) is 10.4. The maximum Gasteiger partial charge on any atom is 0.258 e. The fraction of sp³-hybridized carbons (Fsp3) is 0.304. The van der Waals surface area contributed by atoms with E-state index in [4.69, 9.17) is 4.74 Å². The van der Waals surface area contributed by atoms with E-state index < -0.39 is 0 Å². The van der Waals surface area contributed by atoms with E-state index in [1.807, 2.05) is 41.8 Å². The number of hydrogen-bond acceptors (Lipinski definition) is 6. The molecule has 160 valence electrons. The number of nitrogens with zero attached hydrogens (tertiary/aromatic N) is 4. The first-order chi connectivity index (χ1) is 15.1. The van der Waals surface area contributed by atoms with Crippen molar-refractivity contribution in [3.05, 3.63) is 76.1 Å². The minimum Gasteiger partial charge on any atom is -0.483 e. The number of ether oxygens (including phenoxy) is 1. The summed E-state index contributed by atoms with van der Waals surface area (Å²) in [4.78, 5) is 19.7. The molecule has 0 radical (unpaired) electrons. The summed E-state index contributed by atoms with van der Waals surface area (Å²) in [5.41, 5.74) is 1.83. The minimum absolute atomic E-state index is 0.130. The van der Waals surface area contributed by atoms with Crippen molar-refractivity contribution in [2.45, 2.75) is 50.8 Å². The summed E-state index contributed by atoms with van der Waals surface area (Å²) in [6.07, 6.45) is 0.755. The molecule has 0 unspecified atom stereocenters. The maximum absolute atomic E-state index is 12.3. The van der Waals surface area contributed by atoms with Gasteiger partial charge in [0.15, 0.2) is 17.1 Å². The zero-order valence-corrected chi connectivity index (χ0v) is 18.6. The van der Waals surface area contributed by atoms with Crippen LogP contribution in [-0.2, 0) is 18.7 Å². The second kappa shape index (κ2) is 9.34. The van der Waals surface area contributed by atoms with E-state index in [2.05, 4.69) is 46.1 Å².